The van der Waals surface area contributed by atoms with Gasteiger partial charge in [0.15, 0.2) is 0 Å². The van der Waals surface area contributed by atoms with Gasteiger partial charge < -0.3 is 20.7 Å². The minimum absolute atomic E-state index is 0. The van der Waals surface area contributed by atoms with Crippen molar-refractivity contribution in [3.63, 3.8) is 0 Å². The van der Waals surface area contributed by atoms with Crippen LogP contribution in [0.15, 0.2) is 16.6 Å². The summed E-state index contributed by atoms with van der Waals surface area (Å²) in [6.45, 7) is 4.19. The SMILES string of the molecule is Cc1cc(Br)cc(NC(=O)CCC(=O)N2CCOCC2)c1N.Cl. The minimum Gasteiger partial charge on any atom is -0.397 e. The third-order valence-electron chi connectivity index (χ3n) is 3.56. The van der Waals surface area contributed by atoms with Crippen molar-refractivity contribution in [2.45, 2.75) is 19.8 Å². The van der Waals surface area contributed by atoms with E-state index in [0.29, 0.717) is 37.7 Å². The summed E-state index contributed by atoms with van der Waals surface area (Å²) < 4.78 is 6.04. The topological polar surface area (TPSA) is 84.7 Å². The van der Waals surface area contributed by atoms with Crippen LogP contribution in [0.4, 0.5) is 11.4 Å². The number of halogens is 2. The quantitative estimate of drug-likeness (QED) is 0.752. The Bertz CT molecular complexity index is 577. The number of ether oxygens (including phenoxy) is 1. The second kappa shape index (κ2) is 9.10. The molecule has 0 unspecified atom stereocenters. The zero-order valence-electron chi connectivity index (χ0n) is 12.9. The van der Waals surface area contributed by atoms with E-state index in [2.05, 4.69) is 21.2 Å². The fourth-order valence-electron chi connectivity index (χ4n) is 2.26. The molecule has 0 saturated carbocycles. The first-order valence-electron chi connectivity index (χ1n) is 7.18. The lowest BCUT2D eigenvalue weighted by atomic mass is 10.1. The van der Waals surface area contributed by atoms with Crippen LogP contribution in [-0.2, 0) is 14.3 Å². The summed E-state index contributed by atoms with van der Waals surface area (Å²) in [4.78, 5) is 25.7. The first-order chi connectivity index (χ1) is 10.5. The molecule has 1 aliphatic heterocycles. The number of nitrogens with two attached hydrogens (primary N) is 1. The number of anilines is 2. The summed E-state index contributed by atoms with van der Waals surface area (Å²) in [6, 6.07) is 3.64. The molecule has 2 amide bonds. The van der Waals surface area contributed by atoms with Gasteiger partial charge in [-0.15, -0.1) is 12.4 Å². The number of rotatable bonds is 4. The van der Waals surface area contributed by atoms with Crippen molar-refractivity contribution in [2.24, 2.45) is 0 Å². The van der Waals surface area contributed by atoms with E-state index in [9.17, 15) is 9.59 Å². The van der Waals surface area contributed by atoms with E-state index in [1.54, 1.807) is 11.0 Å². The summed E-state index contributed by atoms with van der Waals surface area (Å²) in [5.41, 5.74) is 7.93. The van der Waals surface area contributed by atoms with Gasteiger partial charge in [0.25, 0.3) is 0 Å². The van der Waals surface area contributed by atoms with Crippen molar-refractivity contribution >= 4 is 51.5 Å². The van der Waals surface area contributed by atoms with E-state index in [1.807, 2.05) is 13.0 Å². The fraction of sp³-hybridized carbons (Fsp3) is 0.467. The number of aryl methyl sites for hydroxylation is 1. The molecule has 0 bridgehead atoms. The summed E-state index contributed by atoms with van der Waals surface area (Å²) in [6.07, 6.45) is 0.333. The Hall–Kier alpha value is -1.31. The van der Waals surface area contributed by atoms with Gasteiger partial charge in [-0.2, -0.15) is 0 Å². The standard InChI is InChI=1S/C15H20BrN3O3.ClH/c1-10-8-11(16)9-12(15(10)17)18-13(20)2-3-14(21)19-4-6-22-7-5-19;/h8-9H,2-7,17H2,1H3,(H,18,20);1H. The second-order valence-corrected chi connectivity index (χ2v) is 6.14. The van der Waals surface area contributed by atoms with E-state index < -0.39 is 0 Å². The minimum atomic E-state index is -0.217. The summed E-state index contributed by atoms with van der Waals surface area (Å²) in [5, 5.41) is 2.76. The zero-order chi connectivity index (χ0) is 16.1. The lowest BCUT2D eigenvalue weighted by Crippen LogP contribution is -2.40. The molecule has 6 nitrogen and oxygen atoms in total. The maximum Gasteiger partial charge on any atom is 0.224 e. The van der Waals surface area contributed by atoms with Crippen LogP contribution in [0.25, 0.3) is 0 Å². The molecule has 23 heavy (non-hydrogen) atoms. The number of hydrogen-bond donors (Lipinski definition) is 2. The van der Waals surface area contributed by atoms with E-state index >= 15 is 0 Å². The van der Waals surface area contributed by atoms with Gasteiger partial charge in [-0.25, -0.2) is 0 Å². The maximum absolute atomic E-state index is 12.0. The van der Waals surface area contributed by atoms with E-state index in [0.717, 1.165) is 10.0 Å². The summed E-state index contributed by atoms with van der Waals surface area (Å²) in [7, 11) is 0. The number of carbonyl (C=O) groups is 2. The molecular weight excluding hydrogens is 386 g/mol. The Labute approximate surface area is 150 Å². The van der Waals surface area contributed by atoms with Crippen molar-refractivity contribution in [2.75, 3.05) is 37.4 Å². The molecule has 1 aromatic carbocycles. The number of carbonyl (C=O) groups excluding carboxylic acids is 2. The zero-order valence-corrected chi connectivity index (χ0v) is 15.3. The van der Waals surface area contributed by atoms with E-state index in [4.69, 9.17) is 10.5 Å². The molecule has 3 N–H and O–H groups in total. The summed E-state index contributed by atoms with van der Waals surface area (Å²) in [5.74, 6) is -0.234. The molecule has 8 heteroatoms. The fourth-order valence-corrected chi connectivity index (χ4v) is 2.83. The summed E-state index contributed by atoms with van der Waals surface area (Å²) >= 11 is 3.37. The van der Waals surface area contributed by atoms with Gasteiger partial charge in [-0.3, -0.25) is 9.59 Å². The molecule has 128 valence electrons. The molecule has 2 rings (SSSR count). The van der Waals surface area contributed by atoms with Crippen molar-refractivity contribution in [3.05, 3.63) is 22.2 Å². The van der Waals surface area contributed by atoms with Crippen LogP contribution in [-0.4, -0.2) is 43.0 Å². The number of nitrogens with one attached hydrogen (secondary N) is 1. The van der Waals surface area contributed by atoms with Crippen LogP contribution in [0.3, 0.4) is 0 Å². The Balaban J connectivity index is 0.00000264. The number of benzene rings is 1. The van der Waals surface area contributed by atoms with Gasteiger partial charge in [-0.1, -0.05) is 15.9 Å². The number of nitrogens with zero attached hydrogens (tertiary/aromatic N) is 1. The Morgan fingerprint density at radius 3 is 2.61 bits per heavy atom. The number of hydrogen-bond acceptors (Lipinski definition) is 4. The normalized spacial score (nSPS) is 14.1. The Kier molecular flexibility index (Phi) is 7.81. The van der Waals surface area contributed by atoms with Gasteiger partial charge in [0.2, 0.25) is 11.8 Å². The highest BCUT2D eigenvalue weighted by Gasteiger charge is 2.18. The van der Waals surface area contributed by atoms with E-state index in [-0.39, 0.29) is 37.1 Å². The molecule has 1 saturated heterocycles. The molecule has 1 fully saturated rings. The van der Waals surface area contributed by atoms with Gasteiger partial charge >= 0.3 is 0 Å². The highest BCUT2D eigenvalue weighted by Crippen LogP contribution is 2.27. The van der Waals surface area contributed by atoms with Crippen molar-refractivity contribution < 1.29 is 14.3 Å². The van der Waals surface area contributed by atoms with Crippen LogP contribution in [0.2, 0.25) is 0 Å². The van der Waals surface area contributed by atoms with Crippen molar-refractivity contribution in [3.8, 4) is 0 Å². The third-order valence-corrected chi connectivity index (χ3v) is 4.01. The van der Waals surface area contributed by atoms with Gasteiger partial charge in [0, 0.05) is 30.4 Å². The highest BCUT2D eigenvalue weighted by atomic mass is 79.9. The molecule has 0 radical (unpaired) electrons. The van der Waals surface area contributed by atoms with Crippen LogP contribution in [0, 0.1) is 6.92 Å². The largest absolute Gasteiger partial charge is 0.397 e. The Morgan fingerprint density at radius 1 is 1.30 bits per heavy atom. The molecule has 0 aromatic heterocycles. The van der Waals surface area contributed by atoms with E-state index in [1.165, 1.54) is 0 Å². The van der Waals surface area contributed by atoms with Gasteiger partial charge in [0.05, 0.1) is 24.6 Å². The van der Waals surface area contributed by atoms with Crippen molar-refractivity contribution in [1.82, 2.24) is 4.90 Å². The number of morpholine rings is 1. The number of nitrogen functional groups attached to an aromatic ring is 1. The lowest BCUT2D eigenvalue weighted by Gasteiger charge is -2.26. The van der Waals surface area contributed by atoms with Crippen LogP contribution in [0.5, 0.6) is 0 Å². The maximum atomic E-state index is 12.0. The smallest absolute Gasteiger partial charge is 0.224 e. The lowest BCUT2D eigenvalue weighted by molar-refractivity contribution is -0.136. The van der Waals surface area contributed by atoms with Crippen LogP contribution < -0.4 is 11.1 Å². The van der Waals surface area contributed by atoms with Crippen LogP contribution in [0.1, 0.15) is 18.4 Å². The average Bonchev–Trinajstić information content (AvgIpc) is 2.50. The second-order valence-electron chi connectivity index (χ2n) is 5.23. The molecule has 1 aromatic rings. The monoisotopic (exact) mass is 405 g/mol. The average molecular weight is 407 g/mol. The predicted octanol–water partition coefficient (Wildman–Crippen LogP) is 2.34. The number of amides is 2. The van der Waals surface area contributed by atoms with Gasteiger partial charge in [0.1, 0.15) is 0 Å². The molecule has 1 aliphatic rings. The predicted molar refractivity (Wildman–Crippen MR) is 95.8 cm³/mol. The highest BCUT2D eigenvalue weighted by molar-refractivity contribution is 9.10. The van der Waals surface area contributed by atoms with Gasteiger partial charge in [-0.05, 0) is 24.6 Å². The third kappa shape index (κ3) is 5.67. The molecule has 0 atom stereocenters. The molecule has 1 heterocycles. The molecule has 0 spiro atoms. The van der Waals surface area contributed by atoms with Crippen LogP contribution >= 0.6 is 28.3 Å². The molecular formula is C15H21BrClN3O3. The Morgan fingerprint density at radius 2 is 1.96 bits per heavy atom. The van der Waals surface area contributed by atoms with Crippen molar-refractivity contribution in [1.29, 1.82) is 0 Å². The first kappa shape index (κ1) is 19.7. The first-order valence-corrected chi connectivity index (χ1v) is 7.97. The molecule has 0 aliphatic carbocycles.